The summed E-state index contributed by atoms with van der Waals surface area (Å²) in [5, 5.41) is 9.42. The van der Waals surface area contributed by atoms with Crippen molar-refractivity contribution in [2.75, 3.05) is 6.26 Å². The third kappa shape index (κ3) is 2.76. The average molecular weight is 281 g/mol. The van der Waals surface area contributed by atoms with Gasteiger partial charge < -0.3 is 0 Å². The van der Waals surface area contributed by atoms with E-state index in [1.165, 1.54) is 11.8 Å². The fourth-order valence-corrected chi connectivity index (χ4v) is 2.79. The van der Waals surface area contributed by atoms with E-state index in [4.69, 9.17) is 0 Å². The van der Waals surface area contributed by atoms with Crippen LogP contribution in [0.4, 0.5) is 0 Å². The Labute approximate surface area is 123 Å². The van der Waals surface area contributed by atoms with Gasteiger partial charge >= 0.3 is 0 Å². The molecule has 1 unspecified atom stereocenters. The highest BCUT2D eigenvalue weighted by molar-refractivity contribution is 7.98. The summed E-state index contributed by atoms with van der Waals surface area (Å²) < 4.78 is 0. The lowest BCUT2D eigenvalue weighted by atomic mass is 9.89. The highest BCUT2D eigenvalue weighted by Gasteiger charge is 2.24. The summed E-state index contributed by atoms with van der Waals surface area (Å²) in [4.78, 5) is 13.6. The Bertz CT molecular complexity index is 673. The highest BCUT2D eigenvalue weighted by atomic mass is 32.2. The van der Waals surface area contributed by atoms with Crippen molar-refractivity contribution >= 4 is 17.5 Å². The Morgan fingerprint density at radius 3 is 2.45 bits per heavy atom. The van der Waals surface area contributed by atoms with Crippen molar-refractivity contribution in [2.45, 2.75) is 17.7 Å². The van der Waals surface area contributed by atoms with Crippen LogP contribution < -0.4 is 0 Å². The van der Waals surface area contributed by atoms with Gasteiger partial charge in [0, 0.05) is 10.5 Å². The van der Waals surface area contributed by atoms with E-state index < -0.39 is 5.92 Å². The Kier molecular flexibility index (Phi) is 4.60. The molecule has 0 amide bonds. The maximum atomic E-state index is 12.7. The molecule has 0 aromatic heterocycles. The molecule has 0 fully saturated rings. The zero-order chi connectivity index (χ0) is 14.5. The summed E-state index contributed by atoms with van der Waals surface area (Å²) in [7, 11) is 0. The predicted molar refractivity (Wildman–Crippen MR) is 82.1 cm³/mol. The number of carbonyl (C=O) groups excluding carboxylic acids is 1. The van der Waals surface area contributed by atoms with Gasteiger partial charge in [-0.1, -0.05) is 42.5 Å². The Hall–Kier alpha value is -2.05. The summed E-state index contributed by atoms with van der Waals surface area (Å²) in [5.74, 6) is -0.878. The molecule has 0 radical (unpaired) electrons. The van der Waals surface area contributed by atoms with E-state index in [0.29, 0.717) is 5.56 Å². The summed E-state index contributed by atoms with van der Waals surface area (Å²) >= 11 is 1.52. The molecule has 0 bridgehead atoms. The van der Waals surface area contributed by atoms with Crippen LogP contribution in [0, 0.1) is 18.3 Å². The third-order valence-corrected chi connectivity index (χ3v) is 4.06. The molecule has 100 valence electrons. The first kappa shape index (κ1) is 14.4. The van der Waals surface area contributed by atoms with Crippen LogP contribution in [0.3, 0.4) is 0 Å². The van der Waals surface area contributed by atoms with Gasteiger partial charge in [-0.15, -0.1) is 11.8 Å². The zero-order valence-electron chi connectivity index (χ0n) is 11.5. The number of hydrogen-bond donors (Lipinski definition) is 0. The monoisotopic (exact) mass is 281 g/mol. The Morgan fingerprint density at radius 2 is 1.80 bits per heavy atom. The number of nitriles is 1. The van der Waals surface area contributed by atoms with E-state index in [9.17, 15) is 10.1 Å². The van der Waals surface area contributed by atoms with Crippen LogP contribution in [0.2, 0.25) is 0 Å². The first-order valence-corrected chi connectivity index (χ1v) is 7.54. The molecule has 2 rings (SSSR count). The molecule has 0 saturated heterocycles. The van der Waals surface area contributed by atoms with Crippen LogP contribution in [0.5, 0.6) is 0 Å². The molecular formula is C17H15NOS. The highest BCUT2D eigenvalue weighted by Crippen LogP contribution is 2.28. The van der Waals surface area contributed by atoms with Crippen molar-refractivity contribution in [3.05, 3.63) is 65.2 Å². The third-order valence-electron chi connectivity index (χ3n) is 3.26. The first-order chi connectivity index (χ1) is 9.69. The molecule has 0 spiro atoms. The molecule has 20 heavy (non-hydrogen) atoms. The minimum absolute atomic E-state index is 0.133. The predicted octanol–water partition coefficient (Wildman–Crippen LogP) is 4.21. The van der Waals surface area contributed by atoms with Gasteiger partial charge in [-0.05, 0) is 30.4 Å². The molecule has 0 aliphatic carbocycles. The molecule has 1 atom stereocenters. The molecule has 0 saturated carbocycles. The van der Waals surface area contributed by atoms with E-state index >= 15 is 0 Å². The molecule has 2 nitrogen and oxygen atoms in total. The van der Waals surface area contributed by atoms with Crippen LogP contribution in [-0.4, -0.2) is 12.0 Å². The molecule has 0 N–H and O–H groups in total. The second kappa shape index (κ2) is 6.40. The number of rotatable bonds is 4. The van der Waals surface area contributed by atoms with Gasteiger partial charge in [-0.2, -0.15) is 5.26 Å². The first-order valence-electron chi connectivity index (χ1n) is 6.31. The van der Waals surface area contributed by atoms with Gasteiger partial charge in [0.25, 0.3) is 0 Å². The molecule has 3 heteroatoms. The summed E-state index contributed by atoms with van der Waals surface area (Å²) in [6.45, 7) is 1.92. The number of nitrogens with zero attached hydrogens (tertiary/aromatic N) is 1. The number of carbonyl (C=O) groups is 1. The molecule has 0 aliphatic rings. The minimum atomic E-state index is -0.746. The van der Waals surface area contributed by atoms with Crippen molar-refractivity contribution < 1.29 is 4.79 Å². The lowest BCUT2D eigenvalue weighted by Gasteiger charge is -2.13. The van der Waals surface area contributed by atoms with Gasteiger partial charge in [-0.3, -0.25) is 4.79 Å². The molecule has 2 aromatic carbocycles. The average Bonchev–Trinajstić information content (AvgIpc) is 2.49. The van der Waals surface area contributed by atoms with Crippen LogP contribution in [0.25, 0.3) is 0 Å². The van der Waals surface area contributed by atoms with Crippen LogP contribution in [0.15, 0.2) is 53.4 Å². The second-order valence-corrected chi connectivity index (χ2v) is 5.33. The van der Waals surface area contributed by atoms with E-state index in [2.05, 4.69) is 6.07 Å². The minimum Gasteiger partial charge on any atom is -0.292 e. The summed E-state index contributed by atoms with van der Waals surface area (Å²) in [5.41, 5.74) is 2.37. The smallest absolute Gasteiger partial charge is 0.185 e. The summed E-state index contributed by atoms with van der Waals surface area (Å²) in [6, 6.07) is 17.1. The standard InChI is InChI=1S/C17H15NOS/c1-12-7-3-4-8-13(12)15(11-18)17(19)14-9-5-6-10-16(14)20-2/h3-10,15H,1-2H3. The second-order valence-electron chi connectivity index (χ2n) is 4.48. The molecule has 0 aliphatic heterocycles. The van der Waals surface area contributed by atoms with Crippen LogP contribution in [0.1, 0.15) is 27.4 Å². The normalized spacial score (nSPS) is 11.7. The van der Waals surface area contributed by atoms with E-state index in [-0.39, 0.29) is 5.78 Å². The molecule has 0 heterocycles. The van der Waals surface area contributed by atoms with E-state index in [1.54, 1.807) is 6.07 Å². The van der Waals surface area contributed by atoms with Gasteiger partial charge in [0.1, 0.15) is 5.92 Å². The summed E-state index contributed by atoms with van der Waals surface area (Å²) in [6.07, 6.45) is 1.93. The van der Waals surface area contributed by atoms with Crippen LogP contribution >= 0.6 is 11.8 Å². The van der Waals surface area contributed by atoms with Crippen molar-refractivity contribution in [1.29, 1.82) is 5.26 Å². The maximum absolute atomic E-state index is 12.7. The van der Waals surface area contributed by atoms with E-state index in [1.807, 2.05) is 55.6 Å². The maximum Gasteiger partial charge on any atom is 0.185 e. The number of benzene rings is 2. The molecule has 2 aromatic rings. The topological polar surface area (TPSA) is 40.9 Å². The molecular weight excluding hydrogens is 266 g/mol. The number of thioether (sulfide) groups is 1. The van der Waals surface area contributed by atoms with Crippen molar-refractivity contribution in [1.82, 2.24) is 0 Å². The van der Waals surface area contributed by atoms with Gasteiger partial charge in [-0.25, -0.2) is 0 Å². The quantitative estimate of drug-likeness (QED) is 0.622. The number of aryl methyl sites for hydroxylation is 1. The largest absolute Gasteiger partial charge is 0.292 e. The van der Waals surface area contributed by atoms with Gasteiger partial charge in [0.2, 0.25) is 0 Å². The Morgan fingerprint density at radius 1 is 1.15 bits per heavy atom. The Balaban J connectivity index is 2.46. The lowest BCUT2D eigenvalue weighted by molar-refractivity contribution is 0.0976. The van der Waals surface area contributed by atoms with Crippen molar-refractivity contribution in [2.24, 2.45) is 0 Å². The number of Topliss-reactive ketones (excluding diaryl/α,β-unsaturated/α-hetero) is 1. The number of hydrogen-bond acceptors (Lipinski definition) is 3. The fraction of sp³-hybridized carbons (Fsp3) is 0.176. The van der Waals surface area contributed by atoms with Gasteiger partial charge in [0.05, 0.1) is 6.07 Å². The van der Waals surface area contributed by atoms with Gasteiger partial charge in [0.15, 0.2) is 5.78 Å². The van der Waals surface area contributed by atoms with Crippen molar-refractivity contribution in [3.8, 4) is 6.07 Å². The van der Waals surface area contributed by atoms with Crippen LogP contribution in [-0.2, 0) is 0 Å². The van der Waals surface area contributed by atoms with Crippen molar-refractivity contribution in [3.63, 3.8) is 0 Å². The van der Waals surface area contributed by atoms with E-state index in [0.717, 1.165) is 16.0 Å². The zero-order valence-corrected chi connectivity index (χ0v) is 12.3. The fourth-order valence-electron chi connectivity index (χ4n) is 2.18. The number of ketones is 1. The lowest BCUT2D eigenvalue weighted by Crippen LogP contribution is -2.13. The SMILES string of the molecule is CSc1ccccc1C(=O)C(C#N)c1ccccc1C.